The van der Waals surface area contributed by atoms with E-state index in [1.54, 1.807) is 0 Å². The average Bonchev–Trinajstić information content (AvgIpc) is 3.63. The van der Waals surface area contributed by atoms with Crippen LogP contribution in [0.25, 0.3) is 34.2 Å². The zero-order valence-corrected chi connectivity index (χ0v) is 23.1. The van der Waals surface area contributed by atoms with Gasteiger partial charge in [0.05, 0.1) is 49.8 Å². The molecule has 2 aromatic carbocycles. The molecule has 16 nitrogen and oxygen atoms in total. The summed E-state index contributed by atoms with van der Waals surface area (Å²) >= 11 is 0. The van der Waals surface area contributed by atoms with Gasteiger partial charge in [0, 0.05) is 0 Å². The minimum absolute atomic E-state index is 0.115. The molecule has 0 bridgehead atoms. The van der Waals surface area contributed by atoms with E-state index < -0.39 is 30.3 Å². The maximum atomic E-state index is 12.7. The Labute approximate surface area is 232 Å². The molecule has 0 aliphatic carbocycles. The van der Waals surface area contributed by atoms with Gasteiger partial charge < -0.3 is 0 Å². The maximum absolute atomic E-state index is 12.7. The van der Waals surface area contributed by atoms with E-state index in [4.69, 9.17) is 0 Å². The van der Waals surface area contributed by atoms with Crippen molar-refractivity contribution in [1.29, 1.82) is 0 Å². The molecule has 0 fully saturated rings. The minimum Gasteiger partial charge on any atom is -0.282 e. The average molecular weight is 619 g/mol. The second kappa shape index (κ2) is 10.2. The van der Waals surface area contributed by atoms with Crippen LogP contribution in [0.1, 0.15) is 0 Å². The molecular formula is C22H18N8O8S3. The van der Waals surface area contributed by atoms with Gasteiger partial charge in [0.2, 0.25) is 10.0 Å². The Balaban J connectivity index is 1.53. The van der Waals surface area contributed by atoms with Crippen LogP contribution in [0.5, 0.6) is 0 Å². The molecule has 0 atom stereocenters. The van der Waals surface area contributed by atoms with Crippen molar-refractivity contribution in [1.82, 2.24) is 39.7 Å². The molecule has 5 aromatic rings. The van der Waals surface area contributed by atoms with E-state index in [-0.39, 0.29) is 37.5 Å². The van der Waals surface area contributed by atoms with Gasteiger partial charge >= 0.3 is 0 Å². The first-order valence-electron chi connectivity index (χ1n) is 11.2. The summed E-state index contributed by atoms with van der Waals surface area (Å²) < 4.78 is 93.8. The van der Waals surface area contributed by atoms with Crippen molar-refractivity contribution >= 4 is 30.3 Å². The molecule has 19 heteroatoms. The molecule has 3 heterocycles. The Morgan fingerprint density at radius 1 is 0.610 bits per heavy atom. The van der Waals surface area contributed by atoms with Crippen LogP contribution in [0.2, 0.25) is 0 Å². The van der Waals surface area contributed by atoms with Gasteiger partial charge in [-0.3, -0.25) is 9.11 Å². The van der Waals surface area contributed by atoms with Crippen LogP contribution >= 0.6 is 0 Å². The van der Waals surface area contributed by atoms with Gasteiger partial charge in [0.15, 0.2) is 0 Å². The van der Waals surface area contributed by atoms with Crippen molar-refractivity contribution in [2.24, 2.45) is 0 Å². The summed E-state index contributed by atoms with van der Waals surface area (Å²) in [6, 6.07) is 12.9. The molecule has 0 aliphatic rings. The summed E-state index contributed by atoms with van der Waals surface area (Å²) in [5, 5.41) is 16.1. The zero-order valence-electron chi connectivity index (χ0n) is 20.6. The fourth-order valence-electron chi connectivity index (χ4n) is 3.60. The van der Waals surface area contributed by atoms with Gasteiger partial charge in [-0.05, 0) is 67.7 Å². The van der Waals surface area contributed by atoms with E-state index in [0.717, 1.165) is 0 Å². The van der Waals surface area contributed by atoms with Crippen molar-refractivity contribution in [2.45, 2.75) is 14.7 Å². The molecule has 0 saturated carbocycles. The third-order valence-corrected chi connectivity index (χ3v) is 8.82. The highest BCUT2D eigenvalue weighted by atomic mass is 32.2. The first-order chi connectivity index (χ1) is 19.2. The molecule has 0 unspecified atom stereocenters. The fourth-order valence-corrected chi connectivity index (χ4v) is 5.33. The van der Waals surface area contributed by atoms with Crippen LogP contribution in [0, 0.1) is 0 Å². The molecule has 212 valence electrons. The summed E-state index contributed by atoms with van der Waals surface area (Å²) in [6.45, 7) is 0. The predicted octanol–water partition coefficient (Wildman–Crippen LogP) is 0.978. The smallest absolute Gasteiger partial charge is 0.282 e. The monoisotopic (exact) mass is 618 g/mol. The van der Waals surface area contributed by atoms with Crippen LogP contribution in [-0.2, 0) is 30.3 Å². The highest BCUT2D eigenvalue weighted by molar-refractivity contribution is 7.89. The summed E-state index contributed by atoms with van der Waals surface area (Å²) in [5.74, 6) is 0. The van der Waals surface area contributed by atoms with E-state index in [9.17, 15) is 34.4 Å². The van der Waals surface area contributed by atoms with Crippen LogP contribution < -0.4 is 4.72 Å². The number of hydrogen-bond donors (Lipinski definition) is 3. The quantitative estimate of drug-likeness (QED) is 0.206. The molecule has 0 aliphatic heterocycles. The standard InChI is InChI=1S/C22H18N8O8S3/c1-23-39(31,32)18-10-19(21-12-29(27-25-21)14-2-6-16(7-3-14)40(33,34)35)24-20(11-18)22-13-30(28-26-22)15-4-8-17(9-5-15)41(36,37)38/h2-13,23H,1H3,(H,33,34,35)(H,36,37,38). The highest BCUT2D eigenvalue weighted by Crippen LogP contribution is 2.26. The molecule has 0 amide bonds. The Hall–Kier alpha value is -4.40. The molecular weight excluding hydrogens is 600 g/mol. The zero-order chi connectivity index (χ0) is 29.6. The minimum atomic E-state index is -4.38. The van der Waals surface area contributed by atoms with Crippen LogP contribution in [0.15, 0.2) is 87.7 Å². The van der Waals surface area contributed by atoms with Gasteiger partial charge in [-0.15, -0.1) is 10.2 Å². The molecule has 0 radical (unpaired) electrons. The van der Waals surface area contributed by atoms with Crippen LogP contribution in [-0.4, -0.2) is 76.4 Å². The summed E-state index contributed by atoms with van der Waals surface area (Å²) in [7, 11) is -11.5. The van der Waals surface area contributed by atoms with Gasteiger partial charge in [-0.1, -0.05) is 10.4 Å². The molecule has 0 saturated heterocycles. The van der Waals surface area contributed by atoms with Gasteiger partial charge in [0.25, 0.3) is 20.2 Å². The Bertz CT molecular complexity index is 1960. The lowest BCUT2D eigenvalue weighted by Crippen LogP contribution is -2.19. The van der Waals surface area contributed by atoms with E-state index in [1.165, 1.54) is 89.5 Å². The van der Waals surface area contributed by atoms with E-state index in [0.29, 0.717) is 11.4 Å². The summed E-state index contributed by atoms with van der Waals surface area (Å²) in [6.07, 6.45) is 2.88. The molecule has 0 spiro atoms. The SMILES string of the molecule is CNS(=O)(=O)c1cc(-c2cn(-c3ccc(S(=O)(=O)O)cc3)nn2)nc(-c2cn(-c3ccc(S(=O)(=O)O)cc3)nn2)c1. The lowest BCUT2D eigenvalue weighted by atomic mass is 10.2. The normalized spacial score (nSPS) is 12.5. The van der Waals surface area contributed by atoms with Crippen LogP contribution in [0.4, 0.5) is 0 Å². The van der Waals surface area contributed by atoms with Crippen molar-refractivity contribution in [3.63, 3.8) is 0 Å². The number of benzene rings is 2. The first kappa shape index (κ1) is 28.1. The van der Waals surface area contributed by atoms with E-state index >= 15 is 0 Å². The van der Waals surface area contributed by atoms with Gasteiger partial charge in [-0.2, -0.15) is 16.8 Å². The van der Waals surface area contributed by atoms with E-state index in [2.05, 4.69) is 30.3 Å². The Morgan fingerprint density at radius 3 is 1.34 bits per heavy atom. The molecule has 3 aromatic heterocycles. The summed E-state index contributed by atoms with van der Waals surface area (Å²) in [5.41, 5.74) is 1.38. The molecule has 3 N–H and O–H groups in total. The number of nitrogens with one attached hydrogen (secondary N) is 1. The van der Waals surface area contributed by atoms with Crippen molar-refractivity contribution in [2.75, 3.05) is 7.05 Å². The lowest BCUT2D eigenvalue weighted by molar-refractivity contribution is 0.481. The largest absolute Gasteiger partial charge is 0.294 e. The van der Waals surface area contributed by atoms with E-state index in [1.807, 2.05) is 0 Å². The van der Waals surface area contributed by atoms with Crippen molar-refractivity contribution in [3.8, 4) is 34.2 Å². The lowest BCUT2D eigenvalue weighted by Gasteiger charge is -2.07. The second-order valence-electron chi connectivity index (χ2n) is 8.32. The third-order valence-electron chi connectivity index (χ3n) is 5.69. The second-order valence-corrected chi connectivity index (χ2v) is 13.0. The predicted molar refractivity (Wildman–Crippen MR) is 141 cm³/mol. The molecule has 41 heavy (non-hydrogen) atoms. The maximum Gasteiger partial charge on any atom is 0.294 e. The van der Waals surface area contributed by atoms with Crippen LogP contribution in [0.3, 0.4) is 0 Å². The fraction of sp³-hybridized carbons (Fsp3) is 0.0455. The summed E-state index contributed by atoms with van der Waals surface area (Å²) in [4.78, 5) is 3.72. The number of nitrogens with zero attached hydrogens (tertiary/aromatic N) is 7. The van der Waals surface area contributed by atoms with Gasteiger partial charge in [0.1, 0.15) is 11.4 Å². The van der Waals surface area contributed by atoms with Crippen molar-refractivity contribution in [3.05, 3.63) is 73.1 Å². The number of pyridine rings is 1. The topological polar surface area (TPSA) is 229 Å². The third kappa shape index (κ3) is 5.89. The van der Waals surface area contributed by atoms with Gasteiger partial charge in [-0.25, -0.2) is 27.5 Å². The number of rotatable bonds is 8. The Kier molecular flexibility index (Phi) is 7.01. The number of hydrogen-bond acceptors (Lipinski definition) is 11. The Morgan fingerprint density at radius 2 is 1.00 bits per heavy atom. The first-order valence-corrected chi connectivity index (χ1v) is 15.6. The number of sulfonamides is 1. The number of aromatic nitrogens is 7. The van der Waals surface area contributed by atoms with Crippen molar-refractivity contribution < 1.29 is 34.4 Å². The molecule has 5 rings (SSSR count). The highest BCUT2D eigenvalue weighted by Gasteiger charge is 2.20.